The highest BCUT2D eigenvalue weighted by molar-refractivity contribution is 6.35. The quantitative estimate of drug-likeness (QED) is 0.191. The summed E-state index contributed by atoms with van der Waals surface area (Å²) in [6.45, 7) is 0.905. The average Bonchev–Trinajstić information content (AvgIpc) is 3.52. The molecular weight excluding hydrogens is 620 g/mol. The summed E-state index contributed by atoms with van der Waals surface area (Å²) in [5, 5.41) is 17.8. The van der Waals surface area contributed by atoms with E-state index in [0.717, 1.165) is 20.9 Å². The number of benzene rings is 4. The molecule has 4 aromatic rings. The number of rotatable bonds is 10. The van der Waals surface area contributed by atoms with Crippen LogP contribution in [0.1, 0.15) is 86.1 Å². The van der Waals surface area contributed by atoms with E-state index in [2.05, 4.69) is 0 Å². The molecule has 0 atom stereocenters. The fourth-order valence-corrected chi connectivity index (χ4v) is 5.66. The Bertz CT molecular complexity index is 1840. The lowest BCUT2D eigenvalue weighted by Crippen LogP contribution is -2.29. The number of fused-ring (bicyclic) bond motifs is 2. The van der Waals surface area contributed by atoms with Gasteiger partial charge in [-0.3, -0.25) is 19.2 Å². The van der Waals surface area contributed by atoms with Crippen molar-refractivity contribution in [1.29, 1.82) is 0 Å². The van der Waals surface area contributed by atoms with Crippen LogP contribution in [-0.4, -0.2) is 72.2 Å². The van der Waals surface area contributed by atoms with Crippen molar-refractivity contribution in [3.63, 3.8) is 0 Å². The predicted octanol–water partition coefficient (Wildman–Crippen LogP) is 3.74. The number of aliphatic hydroxyl groups is 2. The lowest BCUT2D eigenvalue weighted by molar-refractivity contribution is 0.0427. The van der Waals surface area contributed by atoms with Crippen LogP contribution in [0.25, 0.3) is 0 Å². The molecule has 4 aromatic carbocycles. The van der Waals surface area contributed by atoms with E-state index in [0.29, 0.717) is 11.4 Å². The maximum atomic E-state index is 13.2. The summed E-state index contributed by atoms with van der Waals surface area (Å²) >= 11 is 0. The molecule has 0 saturated carbocycles. The zero-order valence-electron chi connectivity index (χ0n) is 25.5. The van der Waals surface area contributed by atoms with Crippen molar-refractivity contribution in [2.45, 2.75) is 12.8 Å². The average molecular weight is 649 g/mol. The fourth-order valence-electron chi connectivity index (χ4n) is 5.66. The first kappa shape index (κ1) is 32.0. The topological polar surface area (TPSA) is 168 Å². The number of imide groups is 2. The molecule has 6 rings (SSSR count). The Morgan fingerprint density at radius 1 is 0.562 bits per heavy atom. The monoisotopic (exact) mass is 648 g/mol. The SMILES string of the molecule is CC(c1ccc(N2C(=O)c3ccc(C(=O)OCCO)cc3C2=O)cc1)c1ccc(N2C(=O)c3ccc(C(=O)OCCO)cc3C2=O)cc1. The fraction of sp³-hybridized carbons (Fsp3) is 0.167. The molecule has 0 fully saturated rings. The van der Waals surface area contributed by atoms with Crippen LogP contribution in [0.3, 0.4) is 0 Å². The zero-order chi connectivity index (χ0) is 34.1. The Kier molecular flexibility index (Phi) is 8.68. The van der Waals surface area contributed by atoms with E-state index >= 15 is 0 Å². The smallest absolute Gasteiger partial charge is 0.338 e. The van der Waals surface area contributed by atoms with Gasteiger partial charge in [0.1, 0.15) is 13.2 Å². The first-order chi connectivity index (χ1) is 23.1. The number of ether oxygens (including phenoxy) is 2. The second-order valence-corrected chi connectivity index (χ2v) is 11.0. The van der Waals surface area contributed by atoms with Gasteiger partial charge in [-0.2, -0.15) is 0 Å². The van der Waals surface area contributed by atoms with E-state index in [9.17, 15) is 28.8 Å². The molecule has 0 bridgehead atoms. The van der Waals surface area contributed by atoms with Crippen LogP contribution < -0.4 is 9.80 Å². The van der Waals surface area contributed by atoms with Crippen LogP contribution in [0.15, 0.2) is 84.9 Å². The first-order valence-electron chi connectivity index (χ1n) is 15.0. The third-order valence-corrected chi connectivity index (χ3v) is 8.20. The van der Waals surface area contributed by atoms with Crippen molar-refractivity contribution < 1.29 is 48.5 Å². The summed E-state index contributed by atoms with van der Waals surface area (Å²) in [6, 6.07) is 22.0. The third-order valence-electron chi connectivity index (χ3n) is 8.20. The minimum Gasteiger partial charge on any atom is -0.460 e. The Balaban J connectivity index is 1.15. The molecule has 0 aromatic heterocycles. The standard InChI is InChI=1S/C36H28N2O10/c1-20(21-2-8-25(9-3-21)37-31(41)27-12-6-23(18-29(27)33(37)43)35(45)47-16-14-39)22-4-10-26(11-5-22)38-32(42)28-13-7-24(19-30(28)34(38)44)36(46)48-17-15-40/h2-13,18-20,39-40H,14-17H2,1H3. The highest BCUT2D eigenvalue weighted by Crippen LogP contribution is 2.34. The molecule has 12 heteroatoms. The number of aliphatic hydroxyl groups excluding tert-OH is 2. The Hall–Kier alpha value is -5.98. The van der Waals surface area contributed by atoms with Gasteiger partial charge in [-0.1, -0.05) is 31.2 Å². The zero-order valence-corrected chi connectivity index (χ0v) is 25.5. The predicted molar refractivity (Wildman–Crippen MR) is 170 cm³/mol. The van der Waals surface area contributed by atoms with Crippen molar-refractivity contribution in [1.82, 2.24) is 0 Å². The number of hydrogen-bond donors (Lipinski definition) is 2. The van der Waals surface area contributed by atoms with Crippen LogP contribution in [0.4, 0.5) is 11.4 Å². The number of carbonyl (C=O) groups excluding carboxylic acids is 6. The van der Waals surface area contributed by atoms with E-state index in [1.54, 1.807) is 48.5 Å². The van der Waals surface area contributed by atoms with Gasteiger partial charge >= 0.3 is 11.9 Å². The van der Waals surface area contributed by atoms with Gasteiger partial charge < -0.3 is 19.7 Å². The van der Waals surface area contributed by atoms with Gasteiger partial charge in [-0.05, 0) is 71.8 Å². The van der Waals surface area contributed by atoms with Gasteiger partial charge in [-0.15, -0.1) is 0 Å². The summed E-state index contributed by atoms with van der Waals surface area (Å²) in [4.78, 5) is 79.1. The molecular formula is C36H28N2O10. The van der Waals surface area contributed by atoms with E-state index in [1.165, 1.54) is 36.4 Å². The molecule has 0 radical (unpaired) electrons. The maximum absolute atomic E-state index is 13.2. The van der Waals surface area contributed by atoms with E-state index in [1.807, 2.05) is 6.92 Å². The number of amides is 4. The van der Waals surface area contributed by atoms with E-state index in [-0.39, 0.29) is 65.7 Å². The number of hydrogen-bond acceptors (Lipinski definition) is 10. The lowest BCUT2D eigenvalue weighted by Gasteiger charge is -2.18. The first-order valence-corrected chi connectivity index (χ1v) is 15.0. The van der Waals surface area contributed by atoms with Gasteiger partial charge in [-0.25, -0.2) is 19.4 Å². The summed E-state index contributed by atoms with van der Waals surface area (Å²) in [6.07, 6.45) is 0. The van der Waals surface area contributed by atoms with Crippen LogP contribution in [0, 0.1) is 0 Å². The molecule has 48 heavy (non-hydrogen) atoms. The third kappa shape index (κ3) is 5.63. The Morgan fingerprint density at radius 2 is 0.917 bits per heavy atom. The second kappa shape index (κ2) is 13.0. The normalized spacial score (nSPS) is 13.7. The van der Waals surface area contributed by atoms with Crippen LogP contribution >= 0.6 is 0 Å². The minimum atomic E-state index is -0.714. The van der Waals surface area contributed by atoms with Crippen LogP contribution in [0.2, 0.25) is 0 Å². The molecule has 0 aliphatic carbocycles. The Morgan fingerprint density at radius 3 is 1.27 bits per heavy atom. The highest BCUT2D eigenvalue weighted by Gasteiger charge is 2.38. The lowest BCUT2D eigenvalue weighted by atomic mass is 9.93. The molecule has 4 amide bonds. The number of nitrogens with zero attached hydrogens (tertiary/aromatic N) is 2. The van der Waals surface area contributed by atoms with Crippen molar-refractivity contribution in [3.05, 3.63) is 129 Å². The summed E-state index contributed by atoms with van der Waals surface area (Å²) in [5.74, 6) is -3.76. The molecule has 12 nitrogen and oxygen atoms in total. The van der Waals surface area contributed by atoms with Crippen molar-refractivity contribution in [3.8, 4) is 0 Å². The molecule has 2 N–H and O–H groups in total. The summed E-state index contributed by atoms with van der Waals surface area (Å²) in [7, 11) is 0. The van der Waals surface area contributed by atoms with Crippen molar-refractivity contribution in [2.75, 3.05) is 36.2 Å². The minimum absolute atomic E-state index is 0.0787. The second-order valence-electron chi connectivity index (χ2n) is 11.0. The molecule has 0 saturated heterocycles. The van der Waals surface area contributed by atoms with Gasteiger partial charge in [0, 0.05) is 5.92 Å². The highest BCUT2D eigenvalue weighted by atomic mass is 16.5. The molecule has 0 spiro atoms. The van der Waals surface area contributed by atoms with E-state index < -0.39 is 35.6 Å². The van der Waals surface area contributed by atoms with E-state index in [4.69, 9.17) is 19.7 Å². The molecule has 2 heterocycles. The molecule has 2 aliphatic rings. The number of esters is 2. The molecule has 2 aliphatic heterocycles. The molecule has 242 valence electrons. The van der Waals surface area contributed by atoms with Crippen molar-refractivity contribution >= 4 is 46.9 Å². The Labute approximate surface area is 273 Å². The largest absolute Gasteiger partial charge is 0.460 e. The van der Waals surface area contributed by atoms with Crippen LogP contribution in [-0.2, 0) is 9.47 Å². The van der Waals surface area contributed by atoms with Gasteiger partial charge in [0.25, 0.3) is 23.6 Å². The van der Waals surface area contributed by atoms with Gasteiger partial charge in [0.15, 0.2) is 0 Å². The summed E-state index contributed by atoms with van der Waals surface area (Å²) < 4.78 is 9.82. The van der Waals surface area contributed by atoms with Crippen molar-refractivity contribution in [2.24, 2.45) is 0 Å². The summed E-state index contributed by atoms with van der Waals surface area (Å²) in [5.41, 5.74) is 3.12. The number of anilines is 2. The molecule has 0 unspecified atom stereocenters. The van der Waals surface area contributed by atoms with Gasteiger partial charge in [0.05, 0.1) is 58.0 Å². The van der Waals surface area contributed by atoms with Crippen LogP contribution in [0.5, 0.6) is 0 Å². The van der Waals surface area contributed by atoms with Gasteiger partial charge in [0.2, 0.25) is 0 Å². The maximum Gasteiger partial charge on any atom is 0.338 e. The number of carbonyl (C=O) groups is 6.